The molecule has 0 saturated carbocycles. The van der Waals surface area contributed by atoms with Crippen LogP contribution in [-0.4, -0.2) is 9.78 Å². The molecule has 0 radical (unpaired) electrons. The van der Waals surface area contributed by atoms with Crippen LogP contribution in [0.4, 0.5) is 0 Å². The smallest absolute Gasteiger partial charge is 0.269 e. The Bertz CT molecular complexity index is 407. The van der Waals surface area contributed by atoms with Gasteiger partial charge < -0.3 is 0 Å². The molecule has 0 fully saturated rings. The summed E-state index contributed by atoms with van der Waals surface area (Å²) >= 11 is 0. The fraction of sp³-hybridized carbons (Fsp3) is 0.786. The van der Waals surface area contributed by atoms with E-state index >= 15 is 0 Å². The van der Waals surface area contributed by atoms with E-state index in [-0.39, 0.29) is 11.0 Å². The summed E-state index contributed by atoms with van der Waals surface area (Å²) in [5, 5.41) is 3.30. The van der Waals surface area contributed by atoms with E-state index in [2.05, 4.69) is 39.7 Å². The summed E-state index contributed by atoms with van der Waals surface area (Å²) in [5.74, 6) is 0. The van der Waals surface area contributed by atoms with E-state index in [0.29, 0.717) is 0 Å². The zero-order chi connectivity index (χ0) is 13.1. The topological polar surface area (TPSA) is 37.8 Å². The fourth-order valence-electron chi connectivity index (χ4n) is 2.11. The van der Waals surface area contributed by atoms with E-state index in [4.69, 9.17) is 0 Å². The van der Waals surface area contributed by atoms with Crippen molar-refractivity contribution < 1.29 is 0 Å². The van der Waals surface area contributed by atoms with Gasteiger partial charge in [-0.15, -0.1) is 0 Å². The van der Waals surface area contributed by atoms with E-state index in [1.807, 2.05) is 0 Å². The van der Waals surface area contributed by atoms with Crippen LogP contribution in [0.2, 0.25) is 0 Å². The number of aryl methyl sites for hydroxylation is 1. The van der Waals surface area contributed by atoms with Crippen molar-refractivity contribution in [3.8, 4) is 0 Å². The zero-order valence-electron chi connectivity index (χ0n) is 11.9. The van der Waals surface area contributed by atoms with Gasteiger partial charge in [-0.05, 0) is 19.3 Å². The molecule has 0 aliphatic rings. The highest BCUT2D eigenvalue weighted by Crippen LogP contribution is 2.23. The molecule has 1 N–H and O–H groups in total. The molecule has 0 spiro atoms. The van der Waals surface area contributed by atoms with Crippen molar-refractivity contribution in [2.24, 2.45) is 0 Å². The Morgan fingerprint density at radius 3 is 2.29 bits per heavy atom. The largest absolute Gasteiger partial charge is 0.299 e. The summed E-state index contributed by atoms with van der Waals surface area (Å²) in [6.45, 7) is 11.5. The molecule has 1 rings (SSSR count). The molecular weight excluding hydrogens is 212 g/mol. The van der Waals surface area contributed by atoms with Crippen molar-refractivity contribution in [2.75, 3.05) is 0 Å². The van der Waals surface area contributed by atoms with Crippen molar-refractivity contribution in [3.63, 3.8) is 0 Å². The maximum Gasteiger partial charge on any atom is 0.269 e. The Labute approximate surface area is 104 Å². The third-order valence-electron chi connectivity index (χ3n) is 3.03. The predicted octanol–water partition coefficient (Wildman–Crippen LogP) is 3.23. The van der Waals surface area contributed by atoms with Gasteiger partial charge in [0.1, 0.15) is 0 Å². The lowest BCUT2D eigenvalue weighted by Gasteiger charge is -2.18. The molecule has 17 heavy (non-hydrogen) atoms. The maximum absolute atomic E-state index is 12.3. The van der Waals surface area contributed by atoms with Crippen LogP contribution in [0.5, 0.6) is 0 Å². The monoisotopic (exact) mass is 238 g/mol. The average molecular weight is 238 g/mol. The highest BCUT2D eigenvalue weighted by molar-refractivity contribution is 5.24. The molecule has 3 heteroatoms. The first kappa shape index (κ1) is 14.1. The number of aromatic amines is 1. The minimum absolute atomic E-state index is 0.0151. The summed E-state index contributed by atoms with van der Waals surface area (Å²) in [6, 6.07) is 0. The molecule has 0 aromatic carbocycles. The van der Waals surface area contributed by atoms with Crippen LogP contribution in [0, 0.1) is 0 Å². The molecule has 0 aliphatic carbocycles. The van der Waals surface area contributed by atoms with Gasteiger partial charge in [0.05, 0.1) is 0 Å². The van der Waals surface area contributed by atoms with Gasteiger partial charge in [0, 0.05) is 23.2 Å². The minimum Gasteiger partial charge on any atom is -0.299 e. The number of hydrogen-bond donors (Lipinski definition) is 1. The molecule has 1 aromatic rings. The lowest BCUT2D eigenvalue weighted by Crippen LogP contribution is -2.19. The van der Waals surface area contributed by atoms with Crippen LogP contribution in [0.25, 0.3) is 0 Å². The van der Waals surface area contributed by atoms with Gasteiger partial charge in [0.15, 0.2) is 0 Å². The van der Waals surface area contributed by atoms with Crippen molar-refractivity contribution in [3.05, 3.63) is 21.6 Å². The molecule has 0 bridgehead atoms. The number of H-pyrrole nitrogens is 1. The molecule has 0 amide bonds. The first-order chi connectivity index (χ1) is 7.91. The number of unbranched alkanes of at least 4 members (excludes halogenated alkanes) is 1. The minimum atomic E-state index is 0.0151. The quantitative estimate of drug-likeness (QED) is 0.840. The van der Waals surface area contributed by atoms with Gasteiger partial charge >= 0.3 is 0 Å². The predicted molar refractivity (Wildman–Crippen MR) is 72.7 cm³/mol. The highest BCUT2D eigenvalue weighted by atomic mass is 16.1. The van der Waals surface area contributed by atoms with E-state index in [9.17, 15) is 4.79 Å². The Morgan fingerprint density at radius 2 is 1.82 bits per heavy atom. The van der Waals surface area contributed by atoms with Gasteiger partial charge in [-0.1, -0.05) is 41.0 Å². The molecular formula is C14H26N2O. The standard InChI is InChI=1S/C14H26N2O/c1-6-8-9-11-12(14(3,4)5)15-16(10-7-2)13(11)17/h15H,6-10H2,1-5H3. The molecule has 1 aromatic heterocycles. The van der Waals surface area contributed by atoms with Crippen LogP contribution >= 0.6 is 0 Å². The second kappa shape index (κ2) is 5.56. The van der Waals surface area contributed by atoms with Crippen molar-refractivity contribution in [1.29, 1.82) is 0 Å². The van der Waals surface area contributed by atoms with Crippen LogP contribution in [0.1, 0.15) is 65.1 Å². The third-order valence-corrected chi connectivity index (χ3v) is 3.03. The van der Waals surface area contributed by atoms with Gasteiger partial charge in [0.2, 0.25) is 0 Å². The van der Waals surface area contributed by atoms with Crippen molar-refractivity contribution in [2.45, 2.75) is 72.3 Å². The van der Waals surface area contributed by atoms with Crippen LogP contribution < -0.4 is 5.56 Å². The lowest BCUT2D eigenvalue weighted by atomic mass is 9.88. The summed E-state index contributed by atoms with van der Waals surface area (Å²) in [7, 11) is 0. The number of aromatic nitrogens is 2. The van der Waals surface area contributed by atoms with Gasteiger partial charge in [0.25, 0.3) is 5.56 Å². The molecule has 1 heterocycles. The number of nitrogens with one attached hydrogen (secondary N) is 1. The lowest BCUT2D eigenvalue weighted by molar-refractivity contribution is 0.522. The highest BCUT2D eigenvalue weighted by Gasteiger charge is 2.23. The first-order valence-corrected chi connectivity index (χ1v) is 6.74. The summed E-state index contributed by atoms with van der Waals surface area (Å²) in [5.41, 5.74) is 2.31. The molecule has 0 unspecified atom stereocenters. The van der Waals surface area contributed by atoms with Gasteiger partial charge in [-0.2, -0.15) is 0 Å². The SMILES string of the molecule is CCCCc1c(C(C)(C)C)[nH]n(CCC)c1=O. The van der Waals surface area contributed by atoms with Crippen LogP contribution in [0.15, 0.2) is 4.79 Å². The maximum atomic E-state index is 12.3. The molecule has 98 valence electrons. The number of nitrogens with zero attached hydrogens (tertiary/aromatic N) is 1. The second-order valence-corrected chi connectivity index (χ2v) is 5.78. The van der Waals surface area contributed by atoms with E-state index < -0.39 is 0 Å². The number of rotatable bonds is 5. The van der Waals surface area contributed by atoms with Gasteiger partial charge in [-0.25, -0.2) is 0 Å². The van der Waals surface area contributed by atoms with Crippen molar-refractivity contribution >= 4 is 0 Å². The molecule has 0 saturated heterocycles. The van der Waals surface area contributed by atoms with E-state index in [1.54, 1.807) is 4.68 Å². The second-order valence-electron chi connectivity index (χ2n) is 5.78. The van der Waals surface area contributed by atoms with Gasteiger partial charge in [-0.3, -0.25) is 14.6 Å². The first-order valence-electron chi connectivity index (χ1n) is 6.74. The molecule has 0 atom stereocenters. The Hall–Kier alpha value is -0.990. The fourth-order valence-corrected chi connectivity index (χ4v) is 2.11. The van der Waals surface area contributed by atoms with Crippen LogP contribution in [-0.2, 0) is 18.4 Å². The Balaban J connectivity index is 3.17. The van der Waals surface area contributed by atoms with E-state index in [1.165, 1.54) is 0 Å². The zero-order valence-corrected chi connectivity index (χ0v) is 11.9. The third kappa shape index (κ3) is 3.24. The Morgan fingerprint density at radius 1 is 1.18 bits per heavy atom. The number of hydrogen-bond acceptors (Lipinski definition) is 1. The van der Waals surface area contributed by atoms with Crippen molar-refractivity contribution in [1.82, 2.24) is 9.78 Å². The van der Waals surface area contributed by atoms with E-state index in [0.717, 1.165) is 43.5 Å². The van der Waals surface area contributed by atoms with Crippen LogP contribution in [0.3, 0.4) is 0 Å². The summed E-state index contributed by atoms with van der Waals surface area (Å²) in [4.78, 5) is 12.3. The summed E-state index contributed by atoms with van der Waals surface area (Å²) < 4.78 is 1.77. The Kier molecular flexibility index (Phi) is 4.61. The summed E-state index contributed by atoms with van der Waals surface area (Å²) in [6.07, 6.45) is 4.09. The average Bonchev–Trinajstić information content (AvgIpc) is 2.54. The normalized spacial score (nSPS) is 12.1. The molecule has 0 aliphatic heterocycles. The molecule has 3 nitrogen and oxygen atoms in total.